The Balaban J connectivity index is 3.20. The first-order valence-electron chi connectivity index (χ1n) is 4.86. The molecule has 0 radical (unpaired) electrons. The maximum Gasteiger partial charge on any atom is 0.328 e. The smallest absolute Gasteiger partial charge is 0.328 e. The van der Waals surface area contributed by atoms with Gasteiger partial charge in [-0.1, -0.05) is 13.0 Å². The van der Waals surface area contributed by atoms with Gasteiger partial charge in [-0.15, -0.1) is 0 Å². The minimum absolute atomic E-state index is 0.171. The van der Waals surface area contributed by atoms with Crippen molar-refractivity contribution < 1.29 is 19.0 Å². The monoisotopic (exact) mass is 224 g/mol. The molecule has 0 aliphatic rings. The van der Waals surface area contributed by atoms with E-state index in [2.05, 4.69) is 0 Å². The van der Waals surface area contributed by atoms with Gasteiger partial charge in [0, 0.05) is 6.08 Å². The molecular weight excluding hydrogens is 211 g/mol. The van der Waals surface area contributed by atoms with Crippen LogP contribution in [0.4, 0.5) is 4.39 Å². The Morgan fingerprint density at radius 3 is 2.75 bits per heavy atom. The molecule has 0 heterocycles. The summed E-state index contributed by atoms with van der Waals surface area (Å²) < 4.78 is 18.6. The molecule has 16 heavy (non-hydrogen) atoms. The lowest BCUT2D eigenvalue weighted by atomic mass is 10.0. The van der Waals surface area contributed by atoms with Crippen molar-refractivity contribution in [1.82, 2.24) is 0 Å². The minimum atomic E-state index is -1.06. The van der Waals surface area contributed by atoms with Crippen molar-refractivity contribution in [2.24, 2.45) is 0 Å². The van der Waals surface area contributed by atoms with Gasteiger partial charge in [-0.05, 0) is 29.7 Å². The van der Waals surface area contributed by atoms with Gasteiger partial charge in [0.15, 0.2) is 11.6 Å². The van der Waals surface area contributed by atoms with Crippen LogP contribution in [0.15, 0.2) is 18.2 Å². The quantitative estimate of drug-likeness (QED) is 0.799. The van der Waals surface area contributed by atoms with Crippen LogP contribution in [0.2, 0.25) is 0 Å². The molecule has 0 bridgehead atoms. The van der Waals surface area contributed by atoms with Crippen LogP contribution in [-0.4, -0.2) is 18.2 Å². The molecule has 1 aromatic rings. The van der Waals surface area contributed by atoms with E-state index in [-0.39, 0.29) is 5.75 Å². The molecule has 0 spiro atoms. The van der Waals surface area contributed by atoms with Gasteiger partial charge in [0.1, 0.15) is 0 Å². The molecular formula is C12H13FO3. The first kappa shape index (κ1) is 12.2. The van der Waals surface area contributed by atoms with Crippen LogP contribution in [0.25, 0.3) is 6.08 Å². The molecule has 0 amide bonds. The molecule has 0 fully saturated rings. The van der Waals surface area contributed by atoms with Crippen molar-refractivity contribution >= 4 is 12.0 Å². The summed E-state index contributed by atoms with van der Waals surface area (Å²) >= 11 is 0. The maximum absolute atomic E-state index is 13.8. The highest BCUT2D eigenvalue weighted by Gasteiger charge is 2.10. The van der Waals surface area contributed by atoms with Crippen molar-refractivity contribution in [3.8, 4) is 5.75 Å². The van der Waals surface area contributed by atoms with Gasteiger partial charge in [-0.3, -0.25) is 0 Å². The van der Waals surface area contributed by atoms with Gasteiger partial charge < -0.3 is 9.84 Å². The fourth-order valence-corrected chi connectivity index (χ4v) is 1.45. The summed E-state index contributed by atoms with van der Waals surface area (Å²) in [5, 5.41) is 8.50. The number of methoxy groups -OCH3 is 1. The second-order valence-electron chi connectivity index (χ2n) is 3.17. The number of hydrogen-bond donors (Lipinski definition) is 1. The topological polar surface area (TPSA) is 46.5 Å². The van der Waals surface area contributed by atoms with Gasteiger partial charge in [-0.25, -0.2) is 9.18 Å². The average Bonchev–Trinajstić information content (AvgIpc) is 2.26. The van der Waals surface area contributed by atoms with Crippen molar-refractivity contribution in [3.05, 3.63) is 35.2 Å². The van der Waals surface area contributed by atoms with E-state index in [0.717, 1.165) is 6.08 Å². The van der Waals surface area contributed by atoms with Crippen LogP contribution in [0.5, 0.6) is 5.75 Å². The fourth-order valence-electron chi connectivity index (χ4n) is 1.45. The number of hydrogen-bond acceptors (Lipinski definition) is 2. The first-order chi connectivity index (χ1) is 7.60. The van der Waals surface area contributed by atoms with E-state index in [4.69, 9.17) is 9.84 Å². The predicted molar refractivity (Wildman–Crippen MR) is 59.0 cm³/mol. The minimum Gasteiger partial charge on any atom is -0.494 e. The lowest BCUT2D eigenvalue weighted by Gasteiger charge is -2.08. The summed E-state index contributed by atoms with van der Waals surface area (Å²) in [7, 11) is 1.39. The number of carbonyl (C=O) groups is 1. The van der Waals surface area contributed by atoms with Crippen LogP contribution in [0.3, 0.4) is 0 Å². The summed E-state index contributed by atoms with van der Waals surface area (Å²) in [5.41, 5.74) is 1.01. The molecule has 4 heteroatoms. The summed E-state index contributed by atoms with van der Waals surface area (Å²) in [6.45, 7) is 1.80. The normalized spacial score (nSPS) is 10.7. The van der Waals surface area contributed by atoms with E-state index in [0.29, 0.717) is 17.5 Å². The van der Waals surface area contributed by atoms with E-state index < -0.39 is 11.8 Å². The SMILES string of the molecule is CCc1c(C=CC(=O)O)ccc(OC)c1F. The molecule has 1 aromatic carbocycles. The lowest BCUT2D eigenvalue weighted by molar-refractivity contribution is -0.131. The zero-order chi connectivity index (χ0) is 12.1. The van der Waals surface area contributed by atoms with Crippen molar-refractivity contribution in [3.63, 3.8) is 0 Å². The number of carboxylic acid groups (broad SMARTS) is 1. The van der Waals surface area contributed by atoms with Crippen LogP contribution >= 0.6 is 0 Å². The highest BCUT2D eigenvalue weighted by Crippen LogP contribution is 2.25. The van der Waals surface area contributed by atoms with Gasteiger partial charge in [0.2, 0.25) is 0 Å². The second-order valence-corrected chi connectivity index (χ2v) is 3.17. The van der Waals surface area contributed by atoms with E-state index in [1.165, 1.54) is 19.3 Å². The highest BCUT2D eigenvalue weighted by molar-refractivity contribution is 5.85. The second kappa shape index (κ2) is 5.30. The van der Waals surface area contributed by atoms with Crippen LogP contribution in [0, 0.1) is 5.82 Å². The Labute approximate surface area is 93.2 Å². The third-order valence-electron chi connectivity index (χ3n) is 2.22. The lowest BCUT2D eigenvalue weighted by Crippen LogP contribution is -1.97. The maximum atomic E-state index is 13.8. The van der Waals surface area contributed by atoms with Crippen molar-refractivity contribution in [2.75, 3.05) is 7.11 Å². The van der Waals surface area contributed by atoms with Crippen LogP contribution in [-0.2, 0) is 11.2 Å². The highest BCUT2D eigenvalue weighted by atomic mass is 19.1. The number of halogens is 1. The predicted octanol–water partition coefficient (Wildman–Crippen LogP) is 2.49. The third-order valence-corrected chi connectivity index (χ3v) is 2.22. The molecule has 1 rings (SSSR count). The van der Waals surface area contributed by atoms with Crippen molar-refractivity contribution in [1.29, 1.82) is 0 Å². The third kappa shape index (κ3) is 2.59. The van der Waals surface area contributed by atoms with Gasteiger partial charge >= 0.3 is 5.97 Å². The van der Waals surface area contributed by atoms with Crippen LogP contribution in [0.1, 0.15) is 18.1 Å². The zero-order valence-corrected chi connectivity index (χ0v) is 9.16. The molecule has 0 aliphatic heterocycles. The molecule has 0 unspecified atom stereocenters. The largest absolute Gasteiger partial charge is 0.494 e. The summed E-state index contributed by atoms with van der Waals surface area (Å²) in [5.74, 6) is -1.32. The first-order valence-corrected chi connectivity index (χ1v) is 4.86. The molecule has 0 aliphatic carbocycles. The number of aliphatic carboxylic acids is 1. The Hall–Kier alpha value is -1.84. The number of carboxylic acids is 1. The van der Waals surface area contributed by atoms with Crippen LogP contribution < -0.4 is 4.74 Å². The molecule has 3 nitrogen and oxygen atoms in total. The number of benzene rings is 1. The Morgan fingerprint density at radius 1 is 1.56 bits per heavy atom. The number of ether oxygens (including phenoxy) is 1. The van der Waals surface area contributed by atoms with E-state index in [1.807, 2.05) is 0 Å². The average molecular weight is 224 g/mol. The van der Waals surface area contributed by atoms with Gasteiger partial charge in [0.25, 0.3) is 0 Å². The molecule has 0 saturated heterocycles. The molecule has 86 valence electrons. The standard InChI is InChI=1S/C12H13FO3/c1-3-9-8(5-7-11(14)15)4-6-10(16-2)12(9)13/h4-7H,3H2,1-2H3,(H,14,15). The summed E-state index contributed by atoms with van der Waals surface area (Å²) in [6, 6.07) is 3.12. The fraction of sp³-hybridized carbons (Fsp3) is 0.250. The van der Waals surface area contributed by atoms with Crippen molar-refractivity contribution in [2.45, 2.75) is 13.3 Å². The Kier molecular flexibility index (Phi) is 4.05. The zero-order valence-electron chi connectivity index (χ0n) is 9.16. The van der Waals surface area contributed by atoms with E-state index >= 15 is 0 Å². The van der Waals surface area contributed by atoms with E-state index in [9.17, 15) is 9.18 Å². The molecule has 0 aromatic heterocycles. The van der Waals surface area contributed by atoms with Gasteiger partial charge in [-0.2, -0.15) is 0 Å². The molecule has 0 atom stereocenters. The molecule has 0 saturated carbocycles. The van der Waals surface area contributed by atoms with E-state index in [1.54, 1.807) is 13.0 Å². The Bertz CT molecular complexity index is 425. The summed E-state index contributed by atoms with van der Waals surface area (Å²) in [4.78, 5) is 10.4. The summed E-state index contributed by atoms with van der Waals surface area (Å²) in [6.07, 6.45) is 2.84. The Morgan fingerprint density at radius 2 is 2.25 bits per heavy atom. The molecule has 1 N–H and O–H groups in total. The number of rotatable bonds is 4. The van der Waals surface area contributed by atoms with Gasteiger partial charge in [0.05, 0.1) is 7.11 Å².